The summed E-state index contributed by atoms with van der Waals surface area (Å²) in [4.78, 5) is 0. The minimum Gasteiger partial charge on any atom is -0.353 e. The van der Waals surface area contributed by atoms with Crippen molar-refractivity contribution in [3.05, 3.63) is 35.4 Å². The lowest BCUT2D eigenvalue weighted by atomic mass is 9.85. The van der Waals surface area contributed by atoms with Crippen molar-refractivity contribution in [2.45, 2.75) is 90.3 Å². The van der Waals surface area contributed by atoms with Crippen LogP contribution in [0.15, 0.2) is 18.2 Å². The molecule has 0 saturated carbocycles. The monoisotopic (exact) mass is 384 g/mol. The molecule has 0 radical (unpaired) electrons. The average Bonchev–Trinajstić information content (AvgIpc) is 2.65. The van der Waals surface area contributed by atoms with Gasteiger partial charge < -0.3 is 9.47 Å². The van der Waals surface area contributed by atoms with Crippen molar-refractivity contribution in [2.24, 2.45) is 5.92 Å². The molecular weight excluding hydrogens is 346 g/mol. The molecule has 0 spiro atoms. The number of benzene rings is 1. The van der Waals surface area contributed by atoms with Crippen LogP contribution in [0.2, 0.25) is 0 Å². The Balaban J connectivity index is 2.61. The molecule has 0 fully saturated rings. The molecule has 0 aliphatic carbocycles. The van der Waals surface area contributed by atoms with E-state index in [0.717, 1.165) is 38.2 Å². The van der Waals surface area contributed by atoms with Crippen molar-refractivity contribution in [1.29, 1.82) is 0 Å². The second kappa shape index (κ2) is 13.2. The van der Waals surface area contributed by atoms with E-state index in [9.17, 15) is 8.78 Å². The Hall–Kier alpha value is -1.00. The normalized spacial score (nSPS) is 13.1. The van der Waals surface area contributed by atoms with Crippen molar-refractivity contribution >= 4 is 0 Å². The smallest absolute Gasteiger partial charge is 0.170 e. The van der Waals surface area contributed by atoms with E-state index in [1.165, 1.54) is 44.2 Å². The first kappa shape index (κ1) is 24.0. The van der Waals surface area contributed by atoms with Gasteiger partial charge in [0.05, 0.1) is 0 Å². The van der Waals surface area contributed by atoms with Gasteiger partial charge in [-0.05, 0) is 49.8 Å². The quantitative estimate of drug-likeness (QED) is 0.238. The zero-order valence-corrected chi connectivity index (χ0v) is 17.7. The van der Waals surface area contributed by atoms with Crippen LogP contribution in [-0.2, 0) is 15.9 Å². The van der Waals surface area contributed by atoms with Gasteiger partial charge in [0.2, 0.25) is 0 Å². The molecule has 1 rings (SSSR count). The van der Waals surface area contributed by atoms with E-state index in [4.69, 9.17) is 9.47 Å². The fraction of sp³-hybridized carbons (Fsp3) is 0.739. The summed E-state index contributed by atoms with van der Waals surface area (Å²) >= 11 is 0. The molecule has 0 saturated heterocycles. The predicted octanol–water partition coefficient (Wildman–Crippen LogP) is 7.05. The van der Waals surface area contributed by atoms with E-state index in [1.807, 2.05) is 0 Å². The second-order valence-electron chi connectivity index (χ2n) is 7.50. The van der Waals surface area contributed by atoms with Crippen LogP contribution in [0.3, 0.4) is 0 Å². The summed E-state index contributed by atoms with van der Waals surface area (Å²) in [5.41, 5.74) is 0.711. The second-order valence-corrected chi connectivity index (χ2v) is 7.50. The SMILES string of the molecule is CCCCCCCCC(CCCc1cc(F)cc(F)c1)C(CC)(OC)OC. The molecule has 1 atom stereocenters. The minimum atomic E-state index is -0.573. The molecule has 0 aliphatic heterocycles. The number of halogens is 2. The van der Waals surface area contributed by atoms with Gasteiger partial charge in [-0.3, -0.25) is 0 Å². The Morgan fingerprint density at radius 3 is 1.93 bits per heavy atom. The highest BCUT2D eigenvalue weighted by molar-refractivity contribution is 5.17. The van der Waals surface area contributed by atoms with E-state index in [2.05, 4.69) is 13.8 Å². The Bertz CT molecular complexity index is 487. The number of ether oxygens (including phenoxy) is 2. The predicted molar refractivity (Wildman–Crippen MR) is 108 cm³/mol. The van der Waals surface area contributed by atoms with Crippen LogP contribution in [0, 0.1) is 17.6 Å². The van der Waals surface area contributed by atoms with Gasteiger partial charge in [-0.25, -0.2) is 8.78 Å². The molecule has 1 unspecified atom stereocenters. The molecule has 156 valence electrons. The highest BCUT2D eigenvalue weighted by Crippen LogP contribution is 2.34. The third kappa shape index (κ3) is 8.27. The number of hydrogen-bond donors (Lipinski definition) is 0. The molecule has 0 heterocycles. The first-order valence-electron chi connectivity index (χ1n) is 10.6. The van der Waals surface area contributed by atoms with Crippen LogP contribution in [0.1, 0.15) is 83.6 Å². The molecular formula is C23H38F2O2. The molecule has 0 N–H and O–H groups in total. The Kier molecular flexibility index (Phi) is 11.8. The van der Waals surface area contributed by atoms with E-state index < -0.39 is 17.4 Å². The van der Waals surface area contributed by atoms with Gasteiger partial charge >= 0.3 is 0 Å². The van der Waals surface area contributed by atoms with E-state index >= 15 is 0 Å². The largest absolute Gasteiger partial charge is 0.353 e. The summed E-state index contributed by atoms with van der Waals surface area (Å²) in [5, 5.41) is 0. The molecule has 4 heteroatoms. The minimum absolute atomic E-state index is 0.280. The van der Waals surface area contributed by atoms with E-state index in [1.54, 1.807) is 14.2 Å². The van der Waals surface area contributed by atoms with E-state index in [0.29, 0.717) is 12.0 Å². The Morgan fingerprint density at radius 2 is 1.37 bits per heavy atom. The number of aryl methyl sites for hydroxylation is 1. The first-order chi connectivity index (χ1) is 13.0. The van der Waals surface area contributed by atoms with Crippen LogP contribution in [0.5, 0.6) is 0 Å². The van der Waals surface area contributed by atoms with Crippen molar-refractivity contribution in [3.63, 3.8) is 0 Å². The molecule has 0 bridgehead atoms. The van der Waals surface area contributed by atoms with Crippen molar-refractivity contribution < 1.29 is 18.3 Å². The third-order valence-electron chi connectivity index (χ3n) is 5.65. The summed E-state index contributed by atoms with van der Waals surface area (Å²) < 4.78 is 38.3. The summed E-state index contributed by atoms with van der Waals surface area (Å²) in [6.07, 6.45) is 11.8. The maximum atomic E-state index is 13.4. The van der Waals surface area contributed by atoms with Crippen molar-refractivity contribution in [3.8, 4) is 0 Å². The molecule has 1 aromatic rings. The molecule has 0 aromatic heterocycles. The van der Waals surface area contributed by atoms with Gasteiger partial charge in [0.1, 0.15) is 11.6 Å². The standard InChI is InChI=1S/C23H38F2O2/c1-5-7-8-9-10-11-14-20(23(6-2,26-3)27-4)15-12-13-19-16-21(24)18-22(25)17-19/h16-18,20H,5-15H2,1-4H3. The fourth-order valence-corrected chi connectivity index (χ4v) is 4.06. The Labute approximate surface area is 164 Å². The number of rotatable bonds is 15. The lowest BCUT2D eigenvalue weighted by molar-refractivity contribution is -0.244. The summed E-state index contributed by atoms with van der Waals surface area (Å²) in [7, 11) is 3.42. The van der Waals surface area contributed by atoms with Crippen LogP contribution in [0.4, 0.5) is 8.78 Å². The van der Waals surface area contributed by atoms with Gasteiger partial charge in [0.25, 0.3) is 0 Å². The summed E-state index contributed by atoms with van der Waals surface area (Å²) in [6, 6.07) is 3.76. The molecule has 0 amide bonds. The van der Waals surface area contributed by atoms with E-state index in [-0.39, 0.29) is 5.92 Å². The van der Waals surface area contributed by atoms with Crippen molar-refractivity contribution in [2.75, 3.05) is 14.2 Å². The Morgan fingerprint density at radius 1 is 0.815 bits per heavy atom. The van der Waals surface area contributed by atoms with Crippen LogP contribution < -0.4 is 0 Å². The lowest BCUT2D eigenvalue weighted by Crippen LogP contribution is -2.41. The highest BCUT2D eigenvalue weighted by atomic mass is 19.1. The maximum Gasteiger partial charge on any atom is 0.170 e. The molecule has 1 aromatic carbocycles. The van der Waals surface area contributed by atoms with Gasteiger partial charge in [-0.1, -0.05) is 52.4 Å². The lowest BCUT2D eigenvalue weighted by Gasteiger charge is -2.38. The number of hydrogen-bond acceptors (Lipinski definition) is 2. The average molecular weight is 385 g/mol. The third-order valence-corrected chi connectivity index (χ3v) is 5.65. The first-order valence-corrected chi connectivity index (χ1v) is 10.6. The zero-order valence-electron chi connectivity index (χ0n) is 17.7. The molecule has 0 aliphatic rings. The number of methoxy groups -OCH3 is 2. The van der Waals surface area contributed by atoms with Gasteiger partial charge in [0.15, 0.2) is 5.79 Å². The fourth-order valence-electron chi connectivity index (χ4n) is 4.06. The van der Waals surface area contributed by atoms with Gasteiger partial charge in [-0.15, -0.1) is 0 Å². The van der Waals surface area contributed by atoms with Crippen LogP contribution in [-0.4, -0.2) is 20.0 Å². The number of unbranched alkanes of at least 4 members (excludes halogenated alkanes) is 5. The summed E-state index contributed by atoms with van der Waals surface area (Å²) in [5.74, 6) is -1.31. The van der Waals surface area contributed by atoms with Crippen LogP contribution >= 0.6 is 0 Å². The van der Waals surface area contributed by atoms with Gasteiger partial charge in [0, 0.05) is 26.2 Å². The maximum absolute atomic E-state index is 13.4. The van der Waals surface area contributed by atoms with Gasteiger partial charge in [-0.2, -0.15) is 0 Å². The molecule has 2 nitrogen and oxygen atoms in total. The topological polar surface area (TPSA) is 18.5 Å². The zero-order chi connectivity index (χ0) is 20.1. The highest BCUT2D eigenvalue weighted by Gasteiger charge is 2.36. The van der Waals surface area contributed by atoms with Crippen molar-refractivity contribution in [1.82, 2.24) is 0 Å². The molecule has 27 heavy (non-hydrogen) atoms. The van der Waals surface area contributed by atoms with Crippen LogP contribution in [0.25, 0.3) is 0 Å². The summed E-state index contributed by atoms with van der Waals surface area (Å²) in [6.45, 7) is 4.32.